The summed E-state index contributed by atoms with van der Waals surface area (Å²) in [7, 11) is 1.84. The number of aromatic nitrogens is 2. The van der Waals surface area contributed by atoms with Crippen molar-refractivity contribution in [2.24, 2.45) is 0 Å². The molecule has 0 aliphatic carbocycles. The maximum Gasteiger partial charge on any atom is 0.408 e. The topological polar surface area (TPSA) is 170 Å². The number of rotatable bonds is 10. The Hall–Kier alpha value is -5.27. The molecule has 4 heterocycles. The van der Waals surface area contributed by atoms with Crippen LogP contribution in [0.4, 0.5) is 10.5 Å². The van der Waals surface area contributed by atoms with E-state index in [1.54, 1.807) is 51.3 Å². The van der Waals surface area contributed by atoms with Crippen LogP contribution in [0.3, 0.4) is 0 Å². The highest BCUT2D eigenvalue weighted by Gasteiger charge is 2.45. The Morgan fingerprint density at radius 1 is 1.08 bits per heavy atom. The quantitative estimate of drug-likeness (QED) is 0.148. The maximum atomic E-state index is 13.7. The Morgan fingerprint density at radius 2 is 1.85 bits per heavy atom. The van der Waals surface area contributed by atoms with Crippen molar-refractivity contribution in [1.29, 1.82) is 0 Å². The fourth-order valence-corrected chi connectivity index (χ4v) is 6.80. The number of amides is 2. The van der Waals surface area contributed by atoms with Gasteiger partial charge in [0.25, 0.3) is 5.56 Å². The Bertz CT molecular complexity index is 2150. The van der Waals surface area contributed by atoms with Crippen LogP contribution in [-0.4, -0.2) is 51.3 Å². The molecule has 2 aliphatic rings. The molecule has 0 unspecified atom stereocenters. The number of carbonyl (C=O) groups excluding carboxylic acids is 3. The zero-order valence-electron chi connectivity index (χ0n) is 30.6. The average Bonchev–Trinajstić information content (AvgIpc) is 3.46. The van der Waals surface area contributed by atoms with E-state index in [4.69, 9.17) is 19.2 Å². The number of pyridine rings is 2. The number of aliphatic hydroxyl groups is 1. The van der Waals surface area contributed by atoms with Gasteiger partial charge in [0, 0.05) is 28.7 Å². The van der Waals surface area contributed by atoms with E-state index < -0.39 is 29.3 Å². The van der Waals surface area contributed by atoms with Gasteiger partial charge in [0.05, 0.1) is 29.0 Å². The van der Waals surface area contributed by atoms with Crippen LogP contribution in [0.2, 0.25) is 0 Å². The number of ether oxygens (including phenoxy) is 3. The predicted octanol–water partition coefficient (Wildman–Crippen LogP) is 4.79. The van der Waals surface area contributed by atoms with Gasteiger partial charge >= 0.3 is 12.1 Å². The first-order chi connectivity index (χ1) is 24.7. The van der Waals surface area contributed by atoms with E-state index >= 15 is 0 Å². The molecule has 2 aromatic heterocycles. The highest BCUT2D eigenvalue weighted by Crippen LogP contribution is 2.41. The molecule has 2 atom stereocenters. The van der Waals surface area contributed by atoms with Crippen LogP contribution >= 0.6 is 0 Å². The number of anilines is 1. The van der Waals surface area contributed by atoms with E-state index in [2.05, 4.69) is 22.9 Å². The lowest BCUT2D eigenvalue weighted by atomic mass is 9.86. The molecular weight excluding hydrogens is 666 g/mol. The second-order valence-corrected chi connectivity index (χ2v) is 14.2. The lowest BCUT2D eigenvalue weighted by Gasteiger charge is -2.31. The van der Waals surface area contributed by atoms with Crippen molar-refractivity contribution in [3.05, 3.63) is 86.2 Å². The fraction of sp³-hybridized carbons (Fsp3) is 0.410. The SMILES string of the molecule is CCc1c2c(nc3ccc(OCc4ccc(NC(=O)[C@H](C)NC(=O)OC(C)(C)C)cc4CNC)cc13)-c1cc3c(c(=O)n1C2)COC(=O)[C@]3(O)CC. The molecule has 4 aromatic rings. The summed E-state index contributed by atoms with van der Waals surface area (Å²) in [5, 5.41) is 20.7. The molecule has 0 spiro atoms. The zero-order valence-corrected chi connectivity index (χ0v) is 30.6. The van der Waals surface area contributed by atoms with E-state index in [0.717, 1.165) is 33.2 Å². The van der Waals surface area contributed by atoms with E-state index in [1.807, 2.05) is 37.4 Å². The van der Waals surface area contributed by atoms with Gasteiger partial charge in [-0.05, 0) is 101 Å². The molecule has 6 rings (SSSR count). The molecule has 0 fully saturated rings. The summed E-state index contributed by atoms with van der Waals surface area (Å²) in [6.45, 7) is 11.5. The van der Waals surface area contributed by atoms with Gasteiger partial charge in [-0.2, -0.15) is 0 Å². The molecule has 2 aromatic carbocycles. The molecular formula is C39H45N5O8. The lowest BCUT2D eigenvalue weighted by molar-refractivity contribution is -0.172. The van der Waals surface area contributed by atoms with Gasteiger partial charge in [-0.15, -0.1) is 0 Å². The average molecular weight is 712 g/mol. The third-order valence-electron chi connectivity index (χ3n) is 9.49. The number of aryl methyl sites for hydroxylation is 1. The minimum atomic E-state index is -1.89. The van der Waals surface area contributed by atoms with Crippen LogP contribution in [-0.2, 0) is 57.4 Å². The van der Waals surface area contributed by atoms with E-state index in [1.165, 1.54) is 0 Å². The Morgan fingerprint density at radius 3 is 2.54 bits per heavy atom. The molecule has 4 N–H and O–H groups in total. The highest BCUT2D eigenvalue weighted by molar-refractivity contribution is 5.96. The molecule has 0 radical (unpaired) electrons. The van der Waals surface area contributed by atoms with Gasteiger partial charge in [0.1, 0.15) is 30.6 Å². The van der Waals surface area contributed by atoms with E-state index in [9.17, 15) is 24.3 Å². The number of nitrogens with one attached hydrogen (secondary N) is 3. The molecule has 13 nitrogen and oxygen atoms in total. The summed E-state index contributed by atoms with van der Waals surface area (Å²) in [5.41, 5.74) is 4.07. The van der Waals surface area contributed by atoms with Gasteiger partial charge in [-0.1, -0.05) is 19.9 Å². The first kappa shape index (κ1) is 36.5. The Balaban J connectivity index is 1.23. The van der Waals surface area contributed by atoms with Crippen LogP contribution in [0.5, 0.6) is 5.75 Å². The second kappa shape index (κ2) is 14.0. The summed E-state index contributed by atoms with van der Waals surface area (Å²) < 4.78 is 18.4. The highest BCUT2D eigenvalue weighted by atomic mass is 16.6. The van der Waals surface area contributed by atoms with Crippen molar-refractivity contribution < 1.29 is 33.7 Å². The molecule has 52 heavy (non-hydrogen) atoms. The number of carbonyl (C=O) groups is 3. The molecule has 274 valence electrons. The fourth-order valence-electron chi connectivity index (χ4n) is 6.80. The summed E-state index contributed by atoms with van der Waals surface area (Å²) >= 11 is 0. The van der Waals surface area contributed by atoms with Crippen LogP contribution in [0.25, 0.3) is 22.3 Å². The standard InChI is InChI=1S/C39H45N5O8/c1-8-26-27-15-25(50-19-22-10-11-24(14-23(22)17-40-7)42-34(45)21(3)41-37(48)52-38(4,5)6)12-13-31(27)43-33-28(26)18-44-32(33)16-30-29(35(44)46)20-51-36(47)39(30,49)9-2/h10-16,21,40,49H,8-9,17-20H2,1-7H3,(H,41,48)(H,42,45)/t21-,39-/m0/s1. The van der Waals surface area contributed by atoms with Crippen molar-refractivity contribution in [3.8, 4) is 17.1 Å². The van der Waals surface area contributed by atoms with Gasteiger partial charge in [-0.3, -0.25) is 9.59 Å². The summed E-state index contributed by atoms with van der Waals surface area (Å²) in [6, 6.07) is 12.2. The number of benzene rings is 2. The van der Waals surface area contributed by atoms with Gasteiger partial charge < -0.3 is 39.8 Å². The van der Waals surface area contributed by atoms with Crippen molar-refractivity contribution >= 4 is 34.6 Å². The largest absolute Gasteiger partial charge is 0.489 e. The third-order valence-corrected chi connectivity index (χ3v) is 9.49. The third kappa shape index (κ3) is 6.85. The van der Waals surface area contributed by atoms with Crippen LogP contribution < -0.4 is 26.2 Å². The number of hydrogen-bond donors (Lipinski definition) is 4. The Labute approximate surface area is 301 Å². The summed E-state index contributed by atoms with van der Waals surface area (Å²) in [6.07, 6.45) is 0.0882. The van der Waals surface area contributed by atoms with Crippen LogP contribution in [0.15, 0.2) is 47.3 Å². The second-order valence-electron chi connectivity index (χ2n) is 14.2. The molecule has 13 heteroatoms. The van der Waals surface area contributed by atoms with Crippen LogP contribution in [0, 0.1) is 0 Å². The van der Waals surface area contributed by atoms with Gasteiger partial charge in [-0.25, -0.2) is 14.6 Å². The zero-order chi connectivity index (χ0) is 37.5. The lowest BCUT2D eigenvalue weighted by Crippen LogP contribution is -2.44. The maximum absolute atomic E-state index is 13.7. The molecule has 2 aliphatic heterocycles. The number of nitrogens with zero attached hydrogens (tertiary/aromatic N) is 2. The van der Waals surface area contributed by atoms with Crippen molar-refractivity contribution in [2.45, 2.75) is 97.9 Å². The summed E-state index contributed by atoms with van der Waals surface area (Å²) in [4.78, 5) is 56.2. The Kier molecular flexibility index (Phi) is 9.86. The smallest absolute Gasteiger partial charge is 0.408 e. The number of hydrogen-bond acceptors (Lipinski definition) is 10. The van der Waals surface area contributed by atoms with Crippen molar-refractivity contribution in [2.75, 3.05) is 12.4 Å². The van der Waals surface area contributed by atoms with E-state index in [-0.39, 0.29) is 42.2 Å². The van der Waals surface area contributed by atoms with Crippen molar-refractivity contribution in [3.63, 3.8) is 0 Å². The van der Waals surface area contributed by atoms with E-state index in [0.29, 0.717) is 42.3 Å². The number of alkyl carbamates (subject to hydrolysis) is 1. The van der Waals surface area contributed by atoms with Crippen LogP contribution in [0.1, 0.15) is 81.3 Å². The van der Waals surface area contributed by atoms with Gasteiger partial charge in [0.2, 0.25) is 5.91 Å². The first-order valence-corrected chi connectivity index (χ1v) is 17.5. The molecule has 2 amide bonds. The number of cyclic esters (lactones) is 1. The van der Waals surface area contributed by atoms with Crippen molar-refractivity contribution in [1.82, 2.24) is 20.2 Å². The number of esters is 1. The molecule has 0 bridgehead atoms. The minimum absolute atomic E-state index is 0.0776. The number of fused-ring (bicyclic) bond motifs is 5. The monoisotopic (exact) mass is 711 g/mol. The minimum Gasteiger partial charge on any atom is -0.489 e. The first-order valence-electron chi connectivity index (χ1n) is 17.5. The molecule has 0 saturated heterocycles. The predicted molar refractivity (Wildman–Crippen MR) is 195 cm³/mol. The molecule has 0 saturated carbocycles. The summed E-state index contributed by atoms with van der Waals surface area (Å²) in [5.74, 6) is -0.489. The van der Waals surface area contributed by atoms with Gasteiger partial charge in [0.15, 0.2) is 5.60 Å². The normalized spacial score (nSPS) is 16.7.